The molecule has 0 aromatic rings. The second kappa shape index (κ2) is 4.73. The van der Waals surface area contributed by atoms with Gasteiger partial charge in [-0.2, -0.15) is 0 Å². The number of ether oxygens (including phenoxy) is 1. The van der Waals surface area contributed by atoms with Gasteiger partial charge in [-0.15, -0.1) is 0 Å². The van der Waals surface area contributed by atoms with E-state index in [-0.39, 0.29) is 10.8 Å². The Morgan fingerprint density at radius 3 is 2.64 bits per heavy atom. The third-order valence-corrected chi connectivity index (χ3v) is 4.65. The average molecular weight is 219 g/mol. The molecule has 0 aromatic carbocycles. The second-order valence-electron chi connectivity index (χ2n) is 4.91. The highest BCUT2D eigenvalue weighted by molar-refractivity contribution is 7.86. The zero-order valence-corrected chi connectivity index (χ0v) is 10.1. The fourth-order valence-electron chi connectivity index (χ4n) is 1.45. The lowest BCUT2D eigenvalue weighted by atomic mass is 10.0. The summed E-state index contributed by atoms with van der Waals surface area (Å²) in [6, 6.07) is 0.0255. The summed E-state index contributed by atoms with van der Waals surface area (Å²) >= 11 is 0. The minimum Gasteiger partial charge on any atom is -0.381 e. The molecule has 0 bridgehead atoms. The van der Waals surface area contributed by atoms with Gasteiger partial charge in [0.25, 0.3) is 0 Å². The third kappa shape index (κ3) is 3.33. The molecule has 1 aliphatic heterocycles. The van der Waals surface area contributed by atoms with Crippen molar-refractivity contribution in [2.75, 3.05) is 19.0 Å². The van der Waals surface area contributed by atoms with Crippen molar-refractivity contribution in [1.29, 1.82) is 0 Å². The maximum Gasteiger partial charge on any atom is 0.0510 e. The smallest absolute Gasteiger partial charge is 0.0510 e. The lowest BCUT2D eigenvalue weighted by Crippen LogP contribution is -2.39. The Kier molecular flexibility index (Phi) is 4.10. The van der Waals surface area contributed by atoms with E-state index in [1.54, 1.807) is 0 Å². The van der Waals surface area contributed by atoms with Crippen molar-refractivity contribution >= 4 is 10.8 Å². The van der Waals surface area contributed by atoms with Crippen LogP contribution in [-0.4, -0.2) is 34.0 Å². The van der Waals surface area contributed by atoms with E-state index in [2.05, 4.69) is 0 Å². The fraction of sp³-hybridized carbons (Fsp3) is 1.00. The highest BCUT2D eigenvalue weighted by atomic mass is 32.2. The maximum atomic E-state index is 11.8. The van der Waals surface area contributed by atoms with E-state index < -0.39 is 10.8 Å². The largest absolute Gasteiger partial charge is 0.381 e. The van der Waals surface area contributed by atoms with Crippen LogP contribution < -0.4 is 5.73 Å². The molecular weight excluding hydrogens is 198 g/mol. The number of nitrogens with two attached hydrogens (primary N) is 1. The van der Waals surface area contributed by atoms with Gasteiger partial charge in [0.05, 0.1) is 6.61 Å². The quantitative estimate of drug-likeness (QED) is 0.767. The van der Waals surface area contributed by atoms with Crippen molar-refractivity contribution < 1.29 is 8.95 Å². The molecule has 2 N–H and O–H groups in total. The van der Waals surface area contributed by atoms with E-state index in [1.807, 2.05) is 20.8 Å². The Hall–Kier alpha value is 0.0700. The predicted octanol–water partition coefficient (Wildman–Crippen LogP) is 0.897. The lowest BCUT2D eigenvalue weighted by molar-refractivity contribution is 0.182. The summed E-state index contributed by atoms with van der Waals surface area (Å²) < 4.78 is 16.9. The van der Waals surface area contributed by atoms with Crippen LogP contribution in [-0.2, 0) is 15.5 Å². The highest BCUT2D eigenvalue weighted by Crippen LogP contribution is 2.19. The molecule has 14 heavy (non-hydrogen) atoms. The molecule has 0 aromatic heterocycles. The van der Waals surface area contributed by atoms with E-state index in [9.17, 15) is 4.21 Å². The molecule has 0 aliphatic carbocycles. The Morgan fingerprint density at radius 2 is 2.21 bits per heavy atom. The van der Waals surface area contributed by atoms with Gasteiger partial charge >= 0.3 is 0 Å². The molecule has 3 nitrogen and oxygen atoms in total. The molecule has 1 fully saturated rings. The van der Waals surface area contributed by atoms with E-state index in [1.165, 1.54) is 0 Å². The first-order valence-corrected chi connectivity index (χ1v) is 6.45. The minimum absolute atomic E-state index is 0.0255. The molecule has 1 heterocycles. The summed E-state index contributed by atoms with van der Waals surface area (Å²) in [5.41, 5.74) is 6.00. The summed E-state index contributed by atoms with van der Waals surface area (Å²) in [5, 5.41) is 0. The van der Waals surface area contributed by atoms with Gasteiger partial charge in [0, 0.05) is 39.9 Å². The number of rotatable bonds is 3. The first-order chi connectivity index (χ1) is 6.41. The van der Waals surface area contributed by atoms with Crippen LogP contribution in [0.1, 0.15) is 27.2 Å². The van der Waals surface area contributed by atoms with Gasteiger partial charge in [0.15, 0.2) is 0 Å². The topological polar surface area (TPSA) is 52.3 Å². The summed E-state index contributed by atoms with van der Waals surface area (Å²) in [5.74, 6) is 0.999. The van der Waals surface area contributed by atoms with Gasteiger partial charge in [0.1, 0.15) is 0 Å². The Labute approximate surface area is 88.8 Å². The molecule has 1 aliphatic rings. The number of hydrogen-bond acceptors (Lipinski definition) is 3. The monoisotopic (exact) mass is 219 g/mol. The van der Waals surface area contributed by atoms with Crippen molar-refractivity contribution in [2.24, 2.45) is 11.7 Å². The lowest BCUT2D eigenvalue weighted by Gasteiger charge is -2.23. The standard InChI is InChI=1S/C10H21NO2S/c1-10(2,3)14(12)7-9(11)8-4-5-13-6-8/h8-9H,4-7,11H2,1-3H3. The van der Waals surface area contributed by atoms with Crippen molar-refractivity contribution in [3.63, 3.8) is 0 Å². The zero-order valence-electron chi connectivity index (χ0n) is 9.29. The van der Waals surface area contributed by atoms with Crippen LogP contribution in [0.2, 0.25) is 0 Å². The molecule has 0 amide bonds. The normalized spacial score (nSPS) is 27.6. The van der Waals surface area contributed by atoms with Crippen LogP contribution in [0.5, 0.6) is 0 Å². The summed E-state index contributed by atoms with van der Waals surface area (Å²) in [6.07, 6.45) is 1.02. The molecule has 0 saturated carbocycles. The first kappa shape index (κ1) is 12.1. The predicted molar refractivity (Wildman–Crippen MR) is 59.7 cm³/mol. The SMILES string of the molecule is CC(C)(C)S(=O)CC(N)C1CCOC1. The van der Waals surface area contributed by atoms with Gasteiger partial charge in [-0.3, -0.25) is 4.21 Å². The fourth-order valence-corrected chi connectivity index (χ4v) is 2.57. The van der Waals surface area contributed by atoms with Crippen LogP contribution in [0.15, 0.2) is 0 Å². The first-order valence-electron chi connectivity index (χ1n) is 5.13. The van der Waals surface area contributed by atoms with Gasteiger partial charge in [0.2, 0.25) is 0 Å². The Bertz CT molecular complexity index is 207. The van der Waals surface area contributed by atoms with E-state index in [4.69, 9.17) is 10.5 Å². The molecule has 1 saturated heterocycles. The average Bonchev–Trinajstić information content (AvgIpc) is 2.53. The molecule has 1 rings (SSSR count). The minimum atomic E-state index is -0.844. The summed E-state index contributed by atoms with van der Waals surface area (Å²) in [6.45, 7) is 7.51. The van der Waals surface area contributed by atoms with E-state index >= 15 is 0 Å². The van der Waals surface area contributed by atoms with Gasteiger partial charge in [-0.1, -0.05) is 0 Å². The van der Waals surface area contributed by atoms with Crippen LogP contribution in [0.3, 0.4) is 0 Å². The maximum absolute atomic E-state index is 11.8. The number of hydrogen-bond donors (Lipinski definition) is 1. The van der Waals surface area contributed by atoms with Crippen LogP contribution >= 0.6 is 0 Å². The molecule has 4 heteroatoms. The second-order valence-corrected chi connectivity index (χ2v) is 7.16. The Morgan fingerprint density at radius 1 is 1.57 bits per heavy atom. The Balaban J connectivity index is 2.39. The summed E-state index contributed by atoms with van der Waals surface area (Å²) in [7, 11) is -0.844. The van der Waals surface area contributed by atoms with Crippen LogP contribution in [0, 0.1) is 5.92 Å². The van der Waals surface area contributed by atoms with Crippen molar-refractivity contribution in [3.05, 3.63) is 0 Å². The molecule has 0 spiro atoms. The van der Waals surface area contributed by atoms with Crippen LogP contribution in [0.25, 0.3) is 0 Å². The van der Waals surface area contributed by atoms with E-state index in [0.717, 1.165) is 19.6 Å². The van der Waals surface area contributed by atoms with Crippen molar-refractivity contribution in [3.8, 4) is 0 Å². The van der Waals surface area contributed by atoms with Gasteiger partial charge in [-0.25, -0.2) is 0 Å². The molecule has 84 valence electrons. The third-order valence-electron chi connectivity index (χ3n) is 2.60. The van der Waals surface area contributed by atoms with Gasteiger partial charge in [-0.05, 0) is 27.2 Å². The molecule has 0 radical (unpaired) electrons. The van der Waals surface area contributed by atoms with Crippen LogP contribution in [0.4, 0.5) is 0 Å². The zero-order chi connectivity index (χ0) is 10.8. The van der Waals surface area contributed by atoms with Crippen molar-refractivity contribution in [2.45, 2.75) is 38.0 Å². The molecular formula is C10H21NO2S. The molecule has 3 unspecified atom stereocenters. The van der Waals surface area contributed by atoms with E-state index in [0.29, 0.717) is 11.7 Å². The van der Waals surface area contributed by atoms with Gasteiger partial charge < -0.3 is 10.5 Å². The summed E-state index contributed by atoms with van der Waals surface area (Å²) in [4.78, 5) is 0. The molecule has 3 atom stereocenters. The van der Waals surface area contributed by atoms with Crippen molar-refractivity contribution in [1.82, 2.24) is 0 Å². The highest BCUT2D eigenvalue weighted by Gasteiger charge is 2.28.